The van der Waals surface area contributed by atoms with Crippen LogP contribution in [-0.2, 0) is 0 Å². The fourth-order valence-electron chi connectivity index (χ4n) is 3.86. The van der Waals surface area contributed by atoms with Crippen LogP contribution >= 0.6 is 0 Å². The highest BCUT2D eigenvalue weighted by Crippen LogP contribution is 2.43. The number of carbonyl (C=O) groups is 1. The number of aliphatic imine (C=N–C) groups is 2. The summed E-state index contributed by atoms with van der Waals surface area (Å²) in [5, 5.41) is 2.94. The number of benzene rings is 2. The summed E-state index contributed by atoms with van der Waals surface area (Å²) in [6.07, 6.45) is 1.60. The predicted molar refractivity (Wildman–Crippen MR) is 113 cm³/mol. The SMILES string of the molecule is COc1cc2c(c(OC)c1C)N=C(NC(=O)c1ccc3[nH]cnc3c1)N1CCN=C21. The van der Waals surface area contributed by atoms with Crippen LogP contribution in [-0.4, -0.2) is 59.9 Å². The van der Waals surface area contributed by atoms with Gasteiger partial charge in [-0.1, -0.05) is 0 Å². The third-order valence-electron chi connectivity index (χ3n) is 5.34. The van der Waals surface area contributed by atoms with E-state index in [4.69, 9.17) is 14.5 Å². The van der Waals surface area contributed by atoms with Crippen LogP contribution in [0.3, 0.4) is 0 Å². The molecule has 0 saturated carbocycles. The third kappa shape index (κ3) is 2.70. The number of nitrogens with zero attached hydrogens (tertiary/aromatic N) is 4. The van der Waals surface area contributed by atoms with Crippen LogP contribution in [0.25, 0.3) is 11.0 Å². The maximum atomic E-state index is 13.0. The molecule has 0 unspecified atom stereocenters. The van der Waals surface area contributed by atoms with Crippen molar-refractivity contribution in [1.82, 2.24) is 20.2 Å². The lowest BCUT2D eigenvalue weighted by atomic mass is 10.0. The normalized spacial score (nSPS) is 14.7. The van der Waals surface area contributed by atoms with Crippen molar-refractivity contribution in [3.05, 3.63) is 47.3 Å². The molecule has 5 rings (SSSR count). The Morgan fingerprint density at radius 3 is 2.90 bits per heavy atom. The van der Waals surface area contributed by atoms with Crippen LogP contribution in [0.5, 0.6) is 11.5 Å². The Balaban J connectivity index is 1.56. The summed E-state index contributed by atoms with van der Waals surface area (Å²) in [7, 11) is 3.22. The molecule has 1 aromatic heterocycles. The molecule has 2 aromatic carbocycles. The molecule has 3 aromatic rings. The average Bonchev–Trinajstić information content (AvgIpc) is 3.42. The number of hydrogen-bond acceptors (Lipinski definition) is 7. The van der Waals surface area contributed by atoms with Crippen LogP contribution in [0.2, 0.25) is 0 Å². The van der Waals surface area contributed by atoms with Crippen LogP contribution in [0.1, 0.15) is 21.5 Å². The van der Waals surface area contributed by atoms with Crippen LogP contribution < -0.4 is 14.8 Å². The first kappa shape index (κ1) is 18.2. The molecule has 0 aliphatic carbocycles. The number of amides is 1. The van der Waals surface area contributed by atoms with Crippen molar-refractivity contribution < 1.29 is 14.3 Å². The molecule has 0 saturated heterocycles. The number of guanidine groups is 1. The van der Waals surface area contributed by atoms with Gasteiger partial charge in [-0.25, -0.2) is 9.98 Å². The van der Waals surface area contributed by atoms with Crippen molar-refractivity contribution in [3.8, 4) is 11.5 Å². The fourth-order valence-corrected chi connectivity index (χ4v) is 3.86. The van der Waals surface area contributed by atoms with Crippen molar-refractivity contribution in [3.63, 3.8) is 0 Å². The van der Waals surface area contributed by atoms with Gasteiger partial charge in [0, 0.05) is 17.7 Å². The Morgan fingerprint density at radius 1 is 1.23 bits per heavy atom. The van der Waals surface area contributed by atoms with Crippen LogP contribution in [0.4, 0.5) is 5.69 Å². The van der Waals surface area contributed by atoms with E-state index in [1.54, 1.807) is 32.7 Å². The monoisotopic (exact) mass is 404 g/mol. The largest absolute Gasteiger partial charge is 0.496 e. The van der Waals surface area contributed by atoms with E-state index in [0.29, 0.717) is 41.8 Å². The molecule has 2 N–H and O–H groups in total. The summed E-state index contributed by atoms with van der Waals surface area (Å²) in [5.74, 6) is 2.21. The molecular weight excluding hydrogens is 384 g/mol. The van der Waals surface area contributed by atoms with Crippen LogP contribution in [0, 0.1) is 6.92 Å². The van der Waals surface area contributed by atoms with Crippen molar-refractivity contribution in [1.29, 1.82) is 0 Å². The molecule has 0 atom stereocenters. The molecular formula is C21H20N6O3. The summed E-state index contributed by atoms with van der Waals surface area (Å²) < 4.78 is 11.1. The Bertz CT molecular complexity index is 1240. The summed E-state index contributed by atoms with van der Waals surface area (Å²) in [5.41, 5.74) is 4.39. The quantitative estimate of drug-likeness (QED) is 0.698. The molecule has 9 nitrogen and oxygen atoms in total. The minimum Gasteiger partial charge on any atom is -0.496 e. The highest BCUT2D eigenvalue weighted by atomic mass is 16.5. The Hall–Kier alpha value is -3.88. The second-order valence-corrected chi connectivity index (χ2v) is 7.01. The smallest absolute Gasteiger partial charge is 0.258 e. The lowest BCUT2D eigenvalue weighted by Gasteiger charge is -2.29. The predicted octanol–water partition coefficient (Wildman–Crippen LogP) is 2.38. The molecule has 0 radical (unpaired) electrons. The van der Waals surface area contributed by atoms with E-state index < -0.39 is 0 Å². The molecule has 9 heteroatoms. The number of methoxy groups -OCH3 is 2. The van der Waals surface area contributed by atoms with Crippen molar-refractivity contribution >= 4 is 34.4 Å². The van der Waals surface area contributed by atoms with Crippen molar-refractivity contribution in [2.75, 3.05) is 27.3 Å². The second kappa shape index (κ2) is 6.87. The number of hydrogen-bond donors (Lipinski definition) is 2. The van der Waals surface area contributed by atoms with E-state index in [0.717, 1.165) is 28.0 Å². The van der Waals surface area contributed by atoms with Gasteiger partial charge in [-0.05, 0) is 31.2 Å². The highest BCUT2D eigenvalue weighted by molar-refractivity contribution is 6.20. The van der Waals surface area contributed by atoms with Crippen LogP contribution in [0.15, 0.2) is 40.6 Å². The highest BCUT2D eigenvalue weighted by Gasteiger charge is 2.33. The van der Waals surface area contributed by atoms with Gasteiger partial charge in [0.2, 0.25) is 5.96 Å². The number of aromatic nitrogens is 2. The molecule has 3 heterocycles. The number of amidine groups is 1. The molecule has 0 spiro atoms. The van der Waals surface area contributed by atoms with Crippen molar-refractivity contribution in [2.45, 2.75) is 6.92 Å². The fraction of sp³-hybridized carbons (Fsp3) is 0.238. The first-order valence-corrected chi connectivity index (χ1v) is 9.52. The Labute approximate surface area is 172 Å². The van der Waals surface area contributed by atoms with E-state index >= 15 is 0 Å². The number of carbonyl (C=O) groups excluding carboxylic acids is 1. The third-order valence-corrected chi connectivity index (χ3v) is 5.34. The average molecular weight is 404 g/mol. The standard InChI is InChI=1S/C21H20N6O3/c1-11-16(29-2)9-13-17(18(11)30-3)25-21(27-7-6-22-19(13)27)26-20(28)12-4-5-14-15(8-12)24-10-23-14/h4-5,8-10H,6-7H2,1-3H3,(H,23,24)(H,25,26,28). The van der Waals surface area contributed by atoms with E-state index in [2.05, 4.69) is 20.3 Å². The van der Waals surface area contributed by atoms with E-state index in [9.17, 15) is 4.79 Å². The van der Waals surface area contributed by atoms with Gasteiger partial charge in [0.05, 0.1) is 43.7 Å². The van der Waals surface area contributed by atoms with E-state index in [1.165, 1.54) is 0 Å². The van der Waals surface area contributed by atoms with Gasteiger partial charge < -0.3 is 14.5 Å². The second-order valence-electron chi connectivity index (χ2n) is 7.01. The number of rotatable bonds is 3. The van der Waals surface area contributed by atoms with Gasteiger partial charge in [-0.15, -0.1) is 0 Å². The first-order valence-electron chi connectivity index (χ1n) is 9.52. The lowest BCUT2D eigenvalue weighted by Crippen LogP contribution is -2.47. The zero-order valence-electron chi connectivity index (χ0n) is 16.8. The summed E-state index contributed by atoms with van der Waals surface area (Å²) in [4.78, 5) is 31.5. The van der Waals surface area contributed by atoms with Gasteiger partial charge in [-0.2, -0.15) is 0 Å². The Morgan fingerprint density at radius 2 is 2.10 bits per heavy atom. The lowest BCUT2D eigenvalue weighted by molar-refractivity contribution is 0.0974. The summed E-state index contributed by atoms with van der Waals surface area (Å²) in [6.45, 7) is 3.15. The minimum atomic E-state index is -0.266. The van der Waals surface area contributed by atoms with Gasteiger partial charge >= 0.3 is 0 Å². The minimum absolute atomic E-state index is 0.266. The van der Waals surface area contributed by atoms with E-state index in [-0.39, 0.29) is 5.91 Å². The molecule has 30 heavy (non-hydrogen) atoms. The first-order chi connectivity index (χ1) is 14.6. The van der Waals surface area contributed by atoms with Gasteiger partial charge in [-0.3, -0.25) is 20.0 Å². The summed E-state index contributed by atoms with van der Waals surface area (Å²) in [6, 6.07) is 7.24. The summed E-state index contributed by atoms with van der Waals surface area (Å²) >= 11 is 0. The molecule has 152 valence electrons. The number of H-pyrrole nitrogens is 1. The van der Waals surface area contributed by atoms with E-state index in [1.807, 2.05) is 24.0 Å². The zero-order chi connectivity index (χ0) is 20.8. The molecule has 0 bridgehead atoms. The maximum Gasteiger partial charge on any atom is 0.258 e. The maximum absolute atomic E-state index is 13.0. The number of imidazole rings is 1. The Kier molecular flexibility index (Phi) is 4.16. The molecule has 2 aliphatic heterocycles. The number of nitrogens with one attached hydrogen (secondary N) is 2. The number of aromatic amines is 1. The number of ether oxygens (including phenoxy) is 2. The van der Waals surface area contributed by atoms with Crippen molar-refractivity contribution in [2.24, 2.45) is 9.98 Å². The topological polar surface area (TPSA) is 104 Å². The molecule has 2 aliphatic rings. The molecule has 1 amide bonds. The zero-order valence-corrected chi connectivity index (χ0v) is 16.8. The van der Waals surface area contributed by atoms with Gasteiger partial charge in [0.15, 0.2) is 5.75 Å². The molecule has 0 fully saturated rings. The van der Waals surface area contributed by atoms with Gasteiger partial charge in [0.1, 0.15) is 17.3 Å². The number of fused-ring (bicyclic) bond motifs is 4. The van der Waals surface area contributed by atoms with Gasteiger partial charge in [0.25, 0.3) is 5.91 Å².